The van der Waals surface area contributed by atoms with Gasteiger partial charge in [-0.15, -0.1) is 0 Å². The summed E-state index contributed by atoms with van der Waals surface area (Å²) in [5.41, 5.74) is 24.8. The van der Waals surface area contributed by atoms with E-state index in [0.29, 0.717) is 18.2 Å². The fourth-order valence-corrected chi connectivity index (χ4v) is 15.7. The zero-order chi connectivity index (χ0) is 66.1. The van der Waals surface area contributed by atoms with Crippen LogP contribution in [0.2, 0.25) is 0 Å². The van der Waals surface area contributed by atoms with E-state index in [1.807, 2.05) is 6.20 Å². The number of ether oxygens (including phenoxy) is 1. The van der Waals surface area contributed by atoms with E-state index < -0.39 is 5.41 Å². The molecule has 0 spiro atoms. The topological polar surface area (TPSA) is 38.5 Å². The summed E-state index contributed by atoms with van der Waals surface area (Å²) < 4.78 is 12.2. The minimum Gasteiger partial charge on any atom is -0.457 e. The van der Waals surface area contributed by atoms with Crippen molar-refractivity contribution in [3.05, 3.63) is 330 Å². The molecule has 97 heavy (non-hydrogen) atoms. The molecule has 0 radical (unpaired) electrons. The number of anilines is 4. The zero-order valence-electron chi connectivity index (χ0n) is 56.6. The highest BCUT2D eigenvalue weighted by Gasteiger charge is 2.47. The Morgan fingerprint density at radius 2 is 0.804 bits per heavy atom. The van der Waals surface area contributed by atoms with Crippen molar-refractivity contribution in [3.8, 4) is 56.4 Å². The van der Waals surface area contributed by atoms with E-state index in [-0.39, 0.29) is 16.2 Å². The Hall–Kier alpha value is -11.2. The normalized spacial score (nSPS) is 13.6. The summed E-state index contributed by atoms with van der Waals surface area (Å²) in [6, 6.07) is 105. The summed E-state index contributed by atoms with van der Waals surface area (Å²) in [5, 5.41) is 4.64. The molecule has 17 rings (SSSR count). The van der Waals surface area contributed by atoms with Gasteiger partial charge in [-0.1, -0.05) is 256 Å². The molecule has 6 heteroatoms. The molecule has 0 N–H and O–H groups in total. The maximum Gasteiger partial charge on any atom is 0.137 e. The number of para-hydroxylation sites is 5. The molecule has 1 aliphatic heterocycles. The van der Waals surface area contributed by atoms with Gasteiger partial charge in [0.15, 0.2) is 0 Å². The fraction of sp³-hybridized carbons (Fsp3) is 0.154. The van der Waals surface area contributed by atoms with Crippen LogP contribution in [0.25, 0.3) is 88.5 Å². The Morgan fingerprint density at radius 1 is 0.340 bits per heavy atom. The molecule has 0 unspecified atom stereocenters. The molecular weight excluding hydrogens is 1180 g/mol. The van der Waals surface area contributed by atoms with Crippen molar-refractivity contribution >= 4 is 66.4 Å². The molecule has 0 saturated carbocycles. The maximum absolute atomic E-state index is 7.48. The smallest absolute Gasteiger partial charge is 0.137 e. The van der Waals surface area contributed by atoms with Crippen LogP contribution in [-0.4, -0.2) is 20.8 Å². The van der Waals surface area contributed by atoms with Crippen LogP contribution >= 0.6 is 0 Å². The van der Waals surface area contributed by atoms with Crippen LogP contribution in [-0.2, 0) is 21.7 Å². The number of hydrogen-bond acceptors (Lipinski definition) is 4. The predicted molar refractivity (Wildman–Crippen MR) is 406 cm³/mol. The minimum atomic E-state index is -0.670. The minimum absolute atomic E-state index is 0.102. The average molecular weight is 1260 g/mol. The Morgan fingerprint density at radius 3 is 1.36 bits per heavy atom. The molecule has 1 aliphatic carbocycles. The van der Waals surface area contributed by atoms with E-state index in [0.717, 1.165) is 72.7 Å². The largest absolute Gasteiger partial charge is 0.457 e. The molecule has 0 atom stereocenters. The SMILES string of the molecule is CC(C)(C)c1cc(C(C)(C)C)cc(C2(c3ccnc(-n4c5ccccc5c5ccc(Oc6cc(N7CN(c8c(-c9ccccc9)cc(C(C)(C)C)cc8-c8ccccc8)c8ccccc87)cc(-n7c8ccccc8c8ccccc87)c6)cc54)c3)c3ccccc3-c3ccccc32)c1. The maximum atomic E-state index is 7.48. The lowest BCUT2D eigenvalue weighted by Gasteiger charge is -2.36. The second-order valence-corrected chi connectivity index (χ2v) is 29.6. The molecule has 15 aromatic rings. The second-order valence-electron chi connectivity index (χ2n) is 29.6. The highest BCUT2D eigenvalue weighted by molar-refractivity contribution is 6.11. The third kappa shape index (κ3) is 9.78. The van der Waals surface area contributed by atoms with E-state index in [1.54, 1.807) is 0 Å². The molecule has 0 fully saturated rings. The monoisotopic (exact) mass is 1260 g/mol. The molecule has 3 aromatic heterocycles. The van der Waals surface area contributed by atoms with Crippen LogP contribution in [0.15, 0.2) is 291 Å². The van der Waals surface area contributed by atoms with E-state index in [9.17, 15) is 0 Å². The first-order valence-corrected chi connectivity index (χ1v) is 34.1. The number of aromatic nitrogens is 3. The van der Waals surface area contributed by atoms with Gasteiger partial charge >= 0.3 is 0 Å². The van der Waals surface area contributed by atoms with Crippen LogP contribution in [0.5, 0.6) is 11.5 Å². The average Bonchev–Trinajstić information content (AvgIpc) is 1.54. The van der Waals surface area contributed by atoms with Gasteiger partial charge in [0.25, 0.3) is 0 Å². The van der Waals surface area contributed by atoms with Crippen LogP contribution in [0.3, 0.4) is 0 Å². The molecule has 0 bridgehead atoms. The Bertz CT molecular complexity index is 5420. The van der Waals surface area contributed by atoms with Gasteiger partial charge < -0.3 is 19.1 Å². The number of benzene rings is 12. The van der Waals surface area contributed by atoms with Crippen LogP contribution in [0, 0.1) is 0 Å². The Balaban J connectivity index is 0.846. The highest BCUT2D eigenvalue weighted by atomic mass is 16.5. The lowest BCUT2D eigenvalue weighted by atomic mass is 9.65. The standard InChI is InChI=1S/C91H77N5O/c1-88(2,3)62-48-63(89(4,5)6)50-65(49-62)91(78-37-21-16-32-70(78)71-33-17-22-38-79(71)91)61-46-47-92-86(53-61)96-82-41-25-20-36-74(82)75-45-44-68(57-85(75)96)97-69-55-66(54-67(56-69)95-80-39-23-18-34-72(80)73-35-19-24-40-81(73)95)93-58-94(84-43-27-26-42-83(84)93)87-76(59-28-12-10-13-29-59)51-64(90(7,8)9)52-77(87)60-30-14-11-15-31-60/h10-57H,58H2,1-9H3. The molecular formula is C91H77N5O. The zero-order valence-corrected chi connectivity index (χ0v) is 56.6. The summed E-state index contributed by atoms with van der Waals surface area (Å²) in [6.45, 7) is 21.5. The van der Waals surface area contributed by atoms with Crippen molar-refractivity contribution in [1.29, 1.82) is 0 Å². The van der Waals surface area contributed by atoms with Crippen molar-refractivity contribution in [3.63, 3.8) is 0 Å². The summed E-state index contributed by atoms with van der Waals surface area (Å²) in [6.07, 6.45) is 2.03. The van der Waals surface area contributed by atoms with Crippen molar-refractivity contribution in [2.75, 3.05) is 16.5 Å². The quantitative estimate of drug-likeness (QED) is 0.137. The van der Waals surface area contributed by atoms with Gasteiger partial charge in [0.1, 0.15) is 24.0 Å². The summed E-state index contributed by atoms with van der Waals surface area (Å²) in [4.78, 5) is 10.4. The van der Waals surface area contributed by atoms with E-state index in [1.165, 1.54) is 77.5 Å². The van der Waals surface area contributed by atoms with E-state index in [4.69, 9.17) is 9.72 Å². The third-order valence-electron chi connectivity index (χ3n) is 20.5. The third-order valence-corrected chi connectivity index (χ3v) is 20.5. The van der Waals surface area contributed by atoms with Gasteiger partial charge in [-0.2, -0.15) is 0 Å². The van der Waals surface area contributed by atoms with Gasteiger partial charge in [0.2, 0.25) is 0 Å². The molecule has 12 aromatic carbocycles. The summed E-state index contributed by atoms with van der Waals surface area (Å²) in [5.74, 6) is 2.26. The number of pyridine rings is 1. The summed E-state index contributed by atoms with van der Waals surface area (Å²) >= 11 is 0. The predicted octanol–water partition coefficient (Wildman–Crippen LogP) is 23.9. The van der Waals surface area contributed by atoms with E-state index in [2.05, 4.69) is 366 Å². The van der Waals surface area contributed by atoms with Gasteiger partial charge in [-0.05, 0) is 150 Å². The van der Waals surface area contributed by atoms with Gasteiger partial charge in [0, 0.05) is 62.8 Å². The van der Waals surface area contributed by atoms with Gasteiger partial charge in [0.05, 0.1) is 50.2 Å². The number of fused-ring (bicyclic) bond motifs is 10. The fourth-order valence-electron chi connectivity index (χ4n) is 15.7. The molecule has 0 amide bonds. The molecule has 472 valence electrons. The molecule has 0 saturated heterocycles. The first-order chi connectivity index (χ1) is 47.0. The van der Waals surface area contributed by atoms with Crippen molar-refractivity contribution < 1.29 is 4.74 Å². The molecule has 4 heterocycles. The number of nitrogens with zero attached hydrogens (tertiary/aromatic N) is 5. The van der Waals surface area contributed by atoms with Crippen molar-refractivity contribution in [2.24, 2.45) is 0 Å². The van der Waals surface area contributed by atoms with Crippen LogP contribution in [0.4, 0.5) is 22.7 Å². The molecule has 2 aliphatic rings. The van der Waals surface area contributed by atoms with Crippen LogP contribution in [0.1, 0.15) is 101 Å². The Kier molecular flexibility index (Phi) is 13.8. The molecule has 6 nitrogen and oxygen atoms in total. The number of hydrogen-bond donors (Lipinski definition) is 0. The summed E-state index contributed by atoms with van der Waals surface area (Å²) in [7, 11) is 0. The van der Waals surface area contributed by atoms with E-state index >= 15 is 0 Å². The first kappa shape index (κ1) is 59.5. The first-order valence-electron chi connectivity index (χ1n) is 34.1. The lowest BCUT2D eigenvalue weighted by molar-refractivity contribution is 0.483. The lowest BCUT2D eigenvalue weighted by Crippen LogP contribution is -2.30. The second kappa shape index (κ2) is 22.5. The number of rotatable bonds is 10. The van der Waals surface area contributed by atoms with Crippen LogP contribution < -0.4 is 14.5 Å². The van der Waals surface area contributed by atoms with Gasteiger partial charge in [-0.3, -0.25) is 4.57 Å². The highest BCUT2D eigenvalue weighted by Crippen LogP contribution is 2.58. The van der Waals surface area contributed by atoms with Gasteiger partial charge in [-0.25, -0.2) is 4.98 Å². The van der Waals surface area contributed by atoms with Crippen molar-refractivity contribution in [1.82, 2.24) is 14.1 Å². The Labute approximate surface area is 569 Å². The van der Waals surface area contributed by atoms with Crippen molar-refractivity contribution in [2.45, 2.75) is 84.0 Å².